The van der Waals surface area contributed by atoms with Crippen LogP contribution in [-0.2, 0) is 4.79 Å². The summed E-state index contributed by atoms with van der Waals surface area (Å²) in [6.45, 7) is 8.12. The van der Waals surface area contributed by atoms with Crippen LogP contribution in [0.3, 0.4) is 0 Å². The fourth-order valence-electron chi connectivity index (χ4n) is 2.00. The van der Waals surface area contributed by atoms with Crippen LogP contribution in [0.25, 0.3) is 0 Å². The average Bonchev–Trinajstić information content (AvgIpc) is 2.22. The van der Waals surface area contributed by atoms with Crippen molar-refractivity contribution >= 4 is 5.91 Å². The Balaban J connectivity index is 4.39. The number of carbonyl (C=O) groups excluding carboxylic acids is 1. The molecule has 0 bridgehead atoms. The molecule has 0 fully saturated rings. The van der Waals surface area contributed by atoms with Gasteiger partial charge in [0.2, 0.25) is 5.91 Å². The first kappa shape index (κ1) is 16.4. The first-order chi connectivity index (χ1) is 7.79. The summed E-state index contributed by atoms with van der Waals surface area (Å²) >= 11 is 0. The van der Waals surface area contributed by atoms with Gasteiger partial charge in [-0.15, -0.1) is 0 Å². The van der Waals surface area contributed by atoms with Gasteiger partial charge < -0.3 is 16.2 Å². The third-order valence-electron chi connectivity index (χ3n) is 3.12. The molecule has 0 radical (unpaired) electrons. The van der Waals surface area contributed by atoms with Crippen molar-refractivity contribution in [2.75, 3.05) is 7.05 Å². The first-order valence-electron chi connectivity index (χ1n) is 6.44. The molecule has 0 aromatic heterocycles. The van der Waals surface area contributed by atoms with Gasteiger partial charge in [0.05, 0.1) is 6.10 Å². The Hall–Kier alpha value is -0.610. The number of rotatable bonds is 7. The summed E-state index contributed by atoms with van der Waals surface area (Å²) in [5.74, 6) is 0.469. The molecule has 4 heteroatoms. The van der Waals surface area contributed by atoms with Gasteiger partial charge in [0.1, 0.15) is 0 Å². The van der Waals surface area contributed by atoms with Crippen molar-refractivity contribution in [1.82, 2.24) is 5.32 Å². The second kappa shape index (κ2) is 7.67. The fourth-order valence-corrected chi connectivity index (χ4v) is 2.00. The predicted octanol–water partition coefficient (Wildman–Crippen LogP) is 1.13. The van der Waals surface area contributed by atoms with E-state index in [1.807, 2.05) is 13.8 Å². The van der Waals surface area contributed by atoms with E-state index in [1.165, 1.54) is 0 Å². The number of amides is 1. The van der Waals surface area contributed by atoms with Crippen LogP contribution in [0.5, 0.6) is 0 Å². The molecule has 17 heavy (non-hydrogen) atoms. The highest BCUT2D eigenvalue weighted by Gasteiger charge is 2.27. The van der Waals surface area contributed by atoms with E-state index in [4.69, 9.17) is 5.73 Å². The lowest BCUT2D eigenvalue weighted by molar-refractivity contribution is -0.127. The lowest BCUT2D eigenvalue weighted by Crippen LogP contribution is -2.41. The van der Waals surface area contributed by atoms with Crippen LogP contribution in [0.15, 0.2) is 0 Å². The highest BCUT2D eigenvalue weighted by atomic mass is 16.3. The van der Waals surface area contributed by atoms with Crippen molar-refractivity contribution in [3.8, 4) is 0 Å². The smallest absolute Gasteiger partial charge is 0.223 e. The van der Waals surface area contributed by atoms with E-state index in [1.54, 1.807) is 7.05 Å². The van der Waals surface area contributed by atoms with Crippen LogP contribution >= 0.6 is 0 Å². The monoisotopic (exact) mass is 244 g/mol. The summed E-state index contributed by atoms with van der Waals surface area (Å²) < 4.78 is 0. The number of hydrogen-bond acceptors (Lipinski definition) is 3. The van der Waals surface area contributed by atoms with Gasteiger partial charge in [0.15, 0.2) is 0 Å². The molecule has 1 amide bonds. The molecule has 0 unspecified atom stereocenters. The maximum Gasteiger partial charge on any atom is 0.223 e. The van der Waals surface area contributed by atoms with Gasteiger partial charge in [-0.3, -0.25) is 4.79 Å². The lowest BCUT2D eigenvalue weighted by atomic mass is 9.86. The maximum absolute atomic E-state index is 11.7. The van der Waals surface area contributed by atoms with Gasteiger partial charge >= 0.3 is 0 Å². The Morgan fingerprint density at radius 2 is 1.76 bits per heavy atom. The van der Waals surface area contributed by atoms with Gasteiger partial charge in [-0.2, -0.15) is 0 Å². The zero-order chi connectivity index (χ0) is 13.6. The van der Waals surface area contributed by atoms with Gasteiger partial charge in [0, 0.05) is 19.0 Å². The molecule has 0 saturated heterocycles. The van der Waals surface area contributed by atoms with Crippen molar-refractivity contribution in [1.29, 1.82) is 0 Å². The first-order valence-corrected chi connectivity index (χ1v) is 6.44. The summed E-state index contributed by atoms with van der Waals surface area (Å²) in [6, 6.07) is -0.249. The Morgan fingerprint density at radius 1 is 1.24 bits per heavy atom. The SMILES string of the molecule is CNC(=O)[C@@H](C[C@H](O)[C@@H](N)CC(C)C)C(C)C. The molecule has 0 aliphatic rings. The quantitative estimate of drug-likeness (QED) is 0.628. The maximum atomic E-state index is 11.7. The fraction of sp³-hybridized carbons (Fsp3) is 0.923. The highest BCUT2D eigenvalue weighted by Crippen LogP contribution is 2.20. The highest BCUT2D eigenvalue weighted by molar-refractivity contribution is 5.78. The van der Waals surface area contributed by atoms with Crippen molar-refractivity contribution in [2.45, 2.75) is 52.7 Å². The molecule has 0 rings (SSSR count). The summed E-state index contributed by atoms with van der Waals surface area (Å²) in [5, 5.41) is 12.7. The number of hydrogen-bond donors (Lipinski definition) is 3. The average molecular weight is 244 g/mol. The van der Waals surface area contributed by atoms with Gasteiger partial charge in [-0.25, -0.2) is 0 Å². The largest absolute Gasteiger partial charge is 0.391 e. The number of carbonyl (C=O) groups is 1. The second-order valence-corrected chi connectivity index (χ2v) is 5.56. The summed E-state index contributed by atoms with van der Waals surface area (Å²) in [6.07, 6.45) is 0.604. The minimum atomic E-state index is -0.609. The van der Waals surface area contributed by atoms with Crippen LogP contribution < -0.4 is 11.1 Å². The minimum absolute atomic E-state index is 0.0178. The van der Waals surface area contributed by atoms with Crippen LogP contribution in [-0.4, -0.2) is 30.2 Å². The van der Waals surface area contributed by atoms with E-state index in [9.17, 15) is 9.90 Å². The molecule has 0 aromatic rings. The van der Waals surface area contributed by atoms with E-state index < -0.39 is 6.10 Å². The van der Waals surface area contributed by atoms with Crippen LogP contribution in [0.4, 0.5) is 0 Å². The number of aliphatic hydroxyl groups excluding tert-OH is 1. The molecule has 0 saturated carbocycles. The van der Waals surface area contributed by atoms with Gasteiger partial charge in [-0.1, -0.05) is 27.7 Å². The zero-order valence-electron chi connectivity index (χ0n) is 11.7. The van der Waals surface area contributed by atoms with Crippen molar-refractivity contribution in [2.24, 2.45) is 23.5 Å². The predicted molar refractivity (Wildman–Crippen MR) is 70.4 cm³/mol. The molecule has 0 heterocycles. The molecule has 102 valence electrons. The Bertz CT molecular complexity index is 229. The van der Waals surface area contributed by atoms with E-state index in [-0.39, 0.29) is 23.8 Å². The Morgan fingerprint density at radius 3 is 2.12 bits per heavy atom. The summed E-state index contributed by atoms with van der Waals surface area (Å²) in [7, 11) is 1.62. The van der Waals surface area contributed by atoms with E-state index in [2.05, 4.69) is 19.2 Å². The van der Waals surface area contributed by atoms with Crippen LogP contribution in [0.2, 0.25) is 0 Å². The van der Waals surface area contributed by atoms with Crippen molar-refractivity contribution in [3.63, 3.8) is 0 Å². The number of aliphatic hydroxyl groups is 1. The number of nitrogens with one attached hydrogen (secondary N) is 1. The topological polar surface area (TPSA) is 75.3 Å². The lowest BCUT2D eigenvalue weighted by Gasteiger charge is -2.26. The van der Waals surface area contributed by atoms with Crippen LogP contribution in [0.1, 0.15) is 40.5 Å². The van der Waals surface area contributed by atoms with E-state index >= 15 is 0 Å². The zero-order valence-corrected chi connectivity index (χ0v) is 11.7. The van der Waals surface area contributed by atoms with Crippen LogP contribution in [0, 0.1) is 17.8 Å². The van der Waals surface area contributed by atoms with E-state index in [0.29, 0.717) is 12.3 Å². The van der Waals surface area contributed by atoms with E-state index in [0.717, 1.165) is 6.42 Å². The summed E-state index contributed by atoms with van der Waals surface area (Å²) in [4.78, 5) is 11.7. The molecule has 0 aliphatic carbocycles. The van der Waals surface area contributed by atoms with Gasteiger partial charge in [-0.05, 0) is 24.7 Å². The number of nitrogens with two attached hydrogens (primary N) is 1. The third kappa shape index (κ3) is 6.03. The van der Waals surface area contributed by atoms with Crippen molar-refractivity contribution < 1.29 is 9.90 Å². The second-order valence-electron chi connectivity index (χ2n) is 5.56. The molecule has 0 aromatic carbocycles. The van der Waals surface area contributed by atoms with Crippen molar-refractivity contribution in [3.05, 3.63) is 0 Å². The molecular weight excluding hydrogens is 216 g/mol. The molecule has 0 spiro atoms. The third-order valence-corrected chi connectivity index (χ3v) is 3.12. The molecule has 4 nitrogen and oxygen atoms in total. The Kier molecular flexibility index (Phi) is 7.39. The molecular formula is C13H28N2O2. The summed E-state index contributed by atoms with van der Waals surface area (Å²) in [5.41, 5.74) is 5.93. The standard InChI is InChI=1S/C13H28N2O2/c1-8(2)6-11(14)12(16)7-10(9(3)4)13(17)15-5/h8-12,16H,6-7,14H2,1-5H3,(H,15,17)/t10-,11-,12-/m0/s1. The molecule has 0 aliphatic heterocycles. The van der Waals surface area contributed by atoms with Gasteiger partial charge in [0.25, 0.3) is 0 Å². The minimum Gasteiger partial charge on any atom is -0.391 e. The molecule has 3 atom stereocenters. The Labute approximate surface area is 105 Å². The normalized spacial score (nSPS) is 17.0. The molecule has 4 N–H and O–H groups in total.